The van der Waals surface area contributed by atoms with Gasteiger partial charge in [-0.25, -0.2) is 9.18 Å². The summed E-state index contributed by atoms with van der Waals surface area (Å²) in [6.07, 6.45) is -4.24. The van der Waals surface area contributed by atoms with Crippen molar-refractivity contribution >= 4 is 29.4 Å². The number of amides is 4. The molecule has 2 aliphatic heterocycles. The van der Waals surface area contributed by atoms with Crippen LogP contribution in [0.4, 0.5) is 22.4 Å². The highest BCUT2D eigenvalue weighted by atomic mass is 35.5. The second-order valence-corrected chi connectivity index (χ2v) is 7.40. The standard InChI is InChI=1S/C18H18ClF4N3O3/c19-13-2-1-3-14(20)12(13)8-15(27)24-6-4-11(5-7-24)25-9-16(28)26(17(25)29)10-18(21,22)23/h1-3,11H,4-10H2. The summed E-state index contributed by atoms with van der Waals surface area (Å²) in [4.78, 5) is 39.3. The molecule has 4 amide bonds. The summed E-state index contributed by atoms with van der Waals surface area (Å²) >= 11 is 5.94. The predicted molar refractivity (Wildman–Crippen MR) is 94.6 cm³/mol. The Kier molecular flexibility index (Phi) is 6.02. The number of halogens is 5. The Bertz CT molecular complexity index is 805. The highest BCUT2D eigenvalue weighted by Crippen LogP contribution is 2.26. The predicted octanol–water partition coefficient (Wildman–Crippen LogP) is 2.84. The van der Waals surface area contributed by atoms with Gasteiger partial charge in [0.05, 0.1) is 6.42 Å². The van der Waals surface area contributed by atoms with E-state index in [4.69, 9.17) is 11.6 Å². The third-order valence-electron chi connectivity index (χ3n) is 5.07. The fourth-order valence-electron chi connectivity index (χ4n) is 3.57. The number of carbonyl (C=O) groups is 3. The quantitative estimate of drug-likeness (QED) is 0.540. The van der Waals surface area contributed by atoms with E-state index in [0.29, 0.717) is 12.8 Å². The molecule has 29 heavy (non-hydrogen) atoms. The minimum Gasteiger partial charge on any atom is -0.342 e. The maximum Gasteiger partial charge on any atom is 0.406 e. The molecular weight excluding hydrogens is 418 g/mol. The van der Waals surface area contributed by atoms with E-state index in [9.17, 15) is 31.9 Å². The molecule has 0 N–H and O–H groups in total. The molecule has 2 heterocycles. The number of hydrogen-bond donors (Lipinski definition) is 0. The summed E-state index contributed by atoms with van der Waals surface area (Å²) in [7, 11) is 0. The molecule has 0 atom stereocenters. The lowest BCUT2D eigenvalue weighted by Crippen LogP contribution is -2.49. The Hall–Kier alpha value is -2.36. The van der Waals surface area contributed by atoms with Gasteiger partial charge in [-0.2, -0.15) is 13.2 Å². The Morgan fingerprint density at radius 3 is 2.41 bits per heavy atom. The fraction of sp³-hybridized carbons (Fsp3) is 0.500. The van der Waals surface area contributed by atoms with Gasteiger partial charge >= 0.3 is 12.2 Å². The lowest BCUT2D eigenvalue weighted by atomic mass is 10.0. The Labute approximate surface area is 169 Å². The van der Waals surface area contributed by atoms with Gasteiger partial charge in [0.15, 0.2) is 0 Å². The highest BCUT2D eigenvalue weighted by Gasteiger charge is 2.45. The molecule has 0 spiro atoms. The van der Waals surface area contributed by atoms with Gasteiger partial charge in [-0.1, -0.05) is 17.7 Å². The number of nitrogens with zero attached hydrogens (tertiary/aromatic N) is 3. The van der Waals surface area contributed by atoms with Crippen LogP contribution in [0.1, 0.15) is 18.4 Å². The molecular formula is C18H18ClF4N3O3. The minimum absolute atomic E-state index is 0.101. The van der Waals surface area contributed by atoms with Crippen LogP contribution in [0.5, 0.6) is 0 Å². The van der Waals surface area contributed by atoms with Crippen molar-refractivity contribution in [1.82, 2.24) is 14.7 Å². The minimum atomic E-state index is -4.66. The molecule has 3 rings (SSSR count). The molecule has 6 nitrogen and oxygen atoms in total. The first-order valence-corrected chi connectivity index (χ1v) is 9.33. The van der Waals surface area contributed by atoms with Crippen molar-refractivity contribution in [2.75, 3.05) is 26.2 Å². The van der Waals surface area contributed by atoms with Crippen LogP contribution in [0.2, 0.25) is 5.02 Å². The molecule has 0 saturated carbocycles. The highest BCUT2D eigenvalue weighted by molar-refractivity contribution is 6.31. The van der Waals surface area contributed by atoms with Crippen molar-refractivity contribution in [1.29, 1.82) is 0 Å². The topological polar surface area (TPSA) is 60.9 Å². The average molecular weight is 436 g/mol. The largest absolute Gasteiger partial charge is 0.406 e. The molecule has 2 aliphatic rings. The van der Waals surface area contributed by atoms with E-state index >= 15 is 0 Å². The SMILES string of the molecule is O=C(Cc1c(F)cccc1Cl)N1CCC(N2CC(=O)N(CC(F)(F)F)C2=O)CC1. The van der Waals surface area contributed by atoms with Crippen LogP contribution in [-0.4, -0.2) is 70.9 Å². The zero-order valence-corrected chi connectivity index (χ0v) is 16.0. The number of piperidine rings is 1. The zero-order chi connectivity index (χ0) is 21.3. The summed E-state index contributed by atoms with van der Waals surface area (Å²) in [5.74, 6) is -1.80. The van der Waals surface area contributed by atoms with E-state index in [-0.39, 0.29) is 40.9 Å². The van der Waals surface area contributed by atoms with E-state index < -0.39 is 43.1 Å². The molecule has 11 heteroatoms. The van der Waals surface area contributed by atoms with Crippen LogP contribution < -0.4 is 0 Å². The first-order valence-electron chi connectivity index (χ1n) is 8.95. The number of hydrogen-bond acceptors (Lipinski definition) is 3. The van der Waals surface area contributed by atoms with Gasteiger partial charge in [0.1, 0.15) is 18.9 Å². The van der Waals surface area contributed by atoms with Gasteiger partial charge in [0, 0.05) is 29.7 Å². The Balaban J connectivity index is 1.57. The van der Waals surface area contributed by atoms with Crippen molar-refractivity contribution in [2.24, 2.45) is 0 Å². The number of imide groups is 1. The summed E-state index contributed by atoms with van der Waals surface area (Å²) < 4.78 is 51.5. The first kappa shape index (κ1) is 21.4. The molecule has 1 aromatic carbocycles. The van der Waals surface area contributed by atoms with Gasteiger partial charge in [-0.15, -0.1) is 0 Å². The van der Waals surface area contributed by atoms with Crippen molar-refractivity contribution in [3.8, 4) is 0 Å². The van der Waals surface area contributed by atoms with Crippen LogP contribution in [0, 0.1) is 5.82 Å². The van der Waals surface area contributed by atoms with Crippen LogP contribution in [0.15, 0.2) is 18.2 Å². The van der Waals surface area contributed by atoms with Crippen LogP contribution in [0.25, 0.3) is 0 Å². The fourth-order valence-corrected chi connectivity index (χ4v) is 3.80. The van der Waals surface area contributed by atoms with Gasteiger partial charge < -0.3 is 9.80 Å². The molecule has 0 aliphatic carbocycles. The second-order valence-electron chi connectivity index (χ2n) is 6.99. The number of carbonyl (C=O) groups excluding carboxylic acids is 3. The lowest BCUT2D eigenvalue weighted by Gasteiger charge is -2.36. The van der Waals surface area contributed by atoms with Crippen molar-refractivity contribution in [3.63, 3.8) is 0 Å². The van der Waals surface area contributed by atoms with Crippen LogP contribution in [0.3, 0.4) is 0 Å². The number of urea groups is 1. The van der Waals surface area contributed by atoms with E-state index in [1.54, 1.807) is 0 Å². The number of alkyl halides is 3. The molecule has 0 radical (unpaired) electrons. The zero-order valence-electron chi connectivity index (χ0n) is 15.2. The summed E-state index contributed by atoms with van der Waals surface area (Å²) in [6.45, 7) is -1.53. The van der Waals surface area contributed by atoms with E-state index in [1.165, 1.54) is 23.1 Å². The smallest absolute Gasteiger partial charge is 0.342 e. The summed E-state index contributed by atoms with van der Waals surface area (Å²) in [5, 5.41) is 0.152. The number of likely N-dealkylation sites (tertiary alicyclic amines) is 1. The molecule has 158 valence electrons. The van der Waals surface area contributed by atoms with Gasteiger partial charge in [0.25, 0.3) is 5.91 Å². The molecule has 0 aromatic heterocycles. The van der Waals surface area contributed by atoms with E-state index in [1.807, 2.05) is 0 Å². The maximum atomic E-state index is 13.9. The molecule has 2 saturated heterocycles. The molecule has 2 fully saturated rings. The van der Waals surface area contributed by atoms with Gasteiger partial charge in [0.2, 0.25) is 5.91 Å². The van der Waals surface area contributed by atoms with E-state index in [0.717, 1.165) is 4.90 Å². The monoisotopic (exact) mass is 435 g/mol. The first-order chi connectivity index (χ1) is 13.6. The van der Waals surface area contributed by atoms with Crippen molar-refractivity contribution in [3.05, 3.63) is 34.6 Å². The molecule has 0 bridgehead atoms. The normalized spacial score (nSPS) is 18.7. The lowest BCUT2D eigenvalue weighted by molar-refractivity contribution is -0.151. The van der Waals surface area contributed by atoms with Crippen LogP contribution >= 0.6 is 11.6 Å². The maximum absolute atomic E-state index is 13.9. The average Bonchev–Trinajstić information content (AvgIpc) is 2.92. The molecule has 0 unspecified atom stereocenters. The van der Waals surface area contributed by atoms with Gasteiger partial charge in [-0.05, 0) is 25.0 Å². The van der Waals surface area contributed by atoms with Gasteiger partial charge in [-0.3, -0.25) is 14.5 Å². The Morgan fingerprint density at radius 1 is 1.17 bits per heavy atom. The summed E-state index contributed by atoms with van der Waals surface area (Å²) in [6, 6.07) is 2.74. The van der Waals surface area contributed by atoms with Crippen LogP contribution in [-0.2, 0) is 16.0 Å². The van der Waals surface area contributed by atoms with Crippen molar-refractivity contribution in [2.45, 2.75) is 31.5 Å². The third kappa shape index (κ3) is 4.80. The second kappa shape index (κ2) is 8.17. The summed E-state index contributed by atoms with van der Waals surface area (Å²) in [5.41, 5.74) is 0.101. The van der Waals surface area contributed by atoms with E-state index in [2.05, 4.69) is 0 Å². The Morgan fingerprint density at radius 2 is 1.83 bits per heavy atom. The third-order valence-corrected chi connectivity index (χ3v) is 5.42. The van der Waals surface area contributed by atoms with Crippen molar-refractivity contribution < 1.29 is 31.9 Å². The molecule has 1 aromatic rings. The number of benzene rings is 1. The number of rotatable bonds is 4.